The fraction of sp³-hybridized carbons (Fsp3) is 0.600. The highest BCUT2D eigenvalue weighted by molar-refractivity contribution is 7.89. The molecule has 0 radical (unpaired) electrons. The number of aliphatic hydroxyl groups is 1. The third kappa shape index (κ3) is 2.93. The van der Waals surface area contributed by atoms with Crippen LogP contribution in [0.15, 0.2) is 17.0 Å². The molecule has 0 aromatic heterocycles. The highest BCUT2D eigenvalue weighted by Gasteiger charge is 2.35. The quantitative estimate of drug-likeness (QED) is 0.834. The molecule has 1 aromatic rings. The SMILES string of the molecule is Cc1ccc(N)c(S(=O)(=O)N(C)C2CCCCC2O)c1C. The van der Waals surface area contributed by atoms with Crippen LogP contribution in [-0.4, -0.2) is 37.0 Å². The van der Waals surface area contributed by atoms with Crippen LogP contribution in [0.3, 0.4) is 0 Å². The highest BCUT2D eigenvalue weighted by Crippen LogP contribution is 2.32. The van der Waals surface area contributed by atoms with Crippen LogP contribution >= 0.6 is 0 Å². The van der Waals surface area contributed by atoms with Gasteiger partial charge in [0.2, 0.25) is 10.0 Å². The standard InChI is InChI=1S/C15H24N2O3S/c1-10-8-9-12(16)15(11(10)2)21(19,20)17(3)13-6-4-5-7-14(13)18/h8-9,13-14,18H,4-7,16H2,1-3H3. The van der Waals surface area contributed by atoms with Crippen molar-refractivity contribution in [2.24, 2.45) is 0 Å². The van der Waals surface area contributed by atoms with Gasteiger partial charge in [-0.1, -0.05) is 18.9 Å². The Morgan fingerprint density at radius 1 is 1.24 bits per heavy atom. The number of aryl methyl sites for hydroxylation is 1. The molecule has 1 fully saturated rings. The summed E-state index contributed by atoms with van der Waals surface area (Å²) in [5.74, 6) is 0. The lowest BCUT2D eigenvalue weighted by atomic mass is 9.93. The fourth-order valence-electron chi connectivity index (χ4n) is 2.99. The summed E-state index contributed by atoms with van der Waals surface area (Å²) in [4.78, 5) is 0.169. The molecule has 0 saturated heterocycles. The summed E-state index contributed by atoms with van der Waals surface area (Å²) in [6.07, 6.45) is 2.60. The van der Waals surface area contributed by atoms with Crippen LogP contribution in [0.5, 0.6) is 0 Å². The summed E-state index contributed by atoms with van der Waals surface area (Å²) in [5.41, 5.74) is 7.73. The summed E-state index contributed by atoms with van der Waals surface area (Å²) in [6.45, 7) is 3.63. The van der Waals surface area contributed by atoms with E-state index in [1.54, 1.807) is 13.0 Å². The van der Waals surface area contributed by atoms with Gasteiger partial charge in [0.15, 0.2) is 0 Å². The summed E-state index contributed by atoms with van der Waals surface area (Å²) in [6, 6.07) is 3.07. The van der Waals surface area contributed by atoms with Crippen molar-refractivity contribution < 1.29 is 13.5 Å². The number of anilines is 1. The van der Waals surface area contributed by atoms with Crippen LogP contribution in [0, 0.1) is 13.8 Å². The van der Waals surface area contributed by atoms with Gasteiger partial charge >= 0.3 is 0 Å². The molecule has 0 bridgehead atoms. The number of rotatable bonds is 3. The lowest BCUT2D eigenvalue weighted by molar-refractivity contribution is 0.0638. The molecule has 6 heteroatoms. The molecular formula is C15H24N2O3S. The van der Waals surface area contributed by atoms with Gasteiger partial charge in [0, 0.05) is 7.05 Å². The maximum absolute atomic E-state index is 12.9. The molecule has 21 heavy (non-hydrogen) atoms. The second-order valence-corrected chi connectivity index (χ2v) is 7.80. The second kappa shape index (κ2) is 5.94. The molecule has 1 aliphatic rings. The van der Waals surface area contributed by atoms with Gasteiger partial charge in [-0.15, -0.1) is 0 Å². The van der Waals surface area contributed by atoms with Crippen LogP contribution < -0.4 is 5.73 Å². The molecule has 0 spiro atoms. The van der Waals surface area contributed by atoms with E-state index in [4.69, 9.17) is 5.73 Å². The molecule has 2 unspecified atom stereocenters. The molecule has 1 aromatic carbocycles. The minimum Gasteiger partial charge on any atom is -0.398 e. The molecule has 0 heterocycles. The molecule has 1 saturated carbocycles. The fourth-order valence-corrected chi connectivity index (χ4v) is 4.80. The first-order valence-electron chi connectivity index (χ1n) is 7.28. The zero-order valence-electron chi connectivity index (χ0n) is 12.8. The van der Waals surface area contributed by atoms with Gasteiger partial charge in [-0.3, -0.25) is 0 Å². The summed E-state index contributed by atoms with van der Waals surface area (Å²) in [7, 11) is -2.17. The maximum Gasteiger partial charge on any atom is 0.245 e. The number of nitrogens with two attached hydrogens (primary N) is 1. The van der Waals surface area contributed by atoms with Gasteiger partial charge in [0.1, 0.15) is 4.90 Å². The summed E-state index contributed by atoms with van der Waals surface area (Å²) < 4.78 is 27.1. The predicted molar refractivity (Wildman–Crippen MR) is 83.5 cm³/mol. The van der Waals surface area contributed by atoms with Gasteiger partial charge in [-0.05, 0) is 43.9 Å². The van der Waals surface area contributed by atoms with Crippen molar-refractivity contribution in [1.82, 2.24) is 4.31 Å². The number of nitrogens with zero attached hydrogens (tertiary/aromatic N) is 1. The Morgan fingerprint density at radius 3 is 2.48 bits per heavy atom. The van der Waals surface area contributed by atoms with E-state index in [-0.39, 0.29) is 16.6 Å². The van der Waals surface area contributed by atoms with Crippen LogP contribution in [0.25, 0.3) is 0 Å². The molecular weight excluding hydrogens is 288 g/mol. The number of hydrogen-bond acceptors (Lipinski definition) is 4. The Hall–Kier alpha value is -1.11. The van der Waals surface area contributed by atoms with E-state index in [0.717, 1.165) is 18.4 Å². The van der Waals surface area contributed by atoms with Gasteiger partial charge in [-0.2, -0.15) is 4.31 Å². The molecule has 2 rings (SSSR count). The van der Waals surface area contributed by atoms with Crippen molar-refractivity contribution in [2.75, 3.05) is 12.8 Å². The Bertz CT molecular complexity index is 628. The van der Waals surface area contributed by atoms with E-state index in [2.05, 4.69) is 0 Å². The topological polar surface area (TPSA) is 83.6 Å². The van der Waals surface area contributed by atoms with Crippen molar-refractivity contribution in [3.8, 4) is 0 Å². The monoisotopic (exact) mass is 312 g/mol. The number of nitrogen functional groups attached to an aromatic ring is 1. The predicted octanol–water partition coefficient (Wildman–Crippen LogP) is 1.81. The maximum atomic E-state index is 12.9. The normalized spacial score (nSPS) is 23.5. The zero-order chi connectivity index (χ0) is 15.8. The lowest BCUT2D eigenvalue weighted by Crippen LogP contribution is -2.46. The summed E-state index contributed by atoms with van der Waals surface area (Å²) >= 11 is 0. The number of aliphatic hydroxyl groups excluding tert-OH is 1. The van der Waals surface area contributed by atoms with Crippen LogP contribution in [0.2, 0.25) is 0 Å². The average molecular weight is 312 g/mol. The molecule has 5 nitrogen and oxygen atoms in total. The van der Waals surface area contributed by atoms with Crippen molar-refractivity contribution >= 4 is 15.7 Å². The Labute approximate surface area is 126 Å². The van der Waals surface area contributed by atoms with E-state index in [1.165, 1.54) is 11.4 Å². The molecule has 118 valence electrons. The van der Waals surface area contributed by atoms with E-state index in [1.807, 2.05) is 13.0 Å². The van der Waals surface area contributed by atoms with Crippen LogP contribution in [0.1, 0.15) is 36.8 Å². The Kier molecular flexibility index (Phi) is 4.60. The molecule has 3 N–H and O–H groups in total. The molecule has 2 atom stereocenters. The second-order valence-electron chi connectivity index (χ2n) is 5.87. The van der Waals surface area contributed by atoms with E-state index in [9.17, 15) is 13.5 Å². The van der Waals surface area contributed by atoms with E-state index < -0.39 is 16.1 Å². The van der Waals surface area contributed by atoms with Gasteiger partial charge < -0.3 is 10.8 Å². The van der Waals surface area contributed by atoms with E-state index >= 15 is 0 Å². The molecule has 0 amide bonds. The van der Waals surface area contributed by atoms with Gasteiger partial charge in [-0.25, -0.2) is 8.42 Å². The van der Waals surface area contributed by atoms with Crippen LogP contribution in [0.4, 0.5) is 5.69 Å². The van der Waals surface area contributed by atoms with Crippen molar-refractivity contribution in [2.45, 2.75) is 56.6 Å². The minimum atomic E-state index is -3.71. The van der Waals surface area contributed by atoms with Gasteiger partial charge in [0.25, 0.3) is 0 Å². The Balaban J connectivity index is 2.45. The third-order valence-corrected chi connectivity index (χ3v) is 6.59. The summed E-state index contributed by atoms with van der Waals surface area (Å²) in [5, 5.41) is 10.1. The van der Waals surface area contributed by atoms with Crippen LogP contribution in [-0.2, 0) is 10.0 Å². The third-order valence-electron chi connectivity index (χ3n) is 4.51. The smallest absolute Gasteiger partial charge is 0.245 e. The number of hydrogen-bond donors (Lipinski definition) is 2. The molecule has 1 aliphatic carbocycles. The number of likely N-dealkylation sites (N-methyl/N-ethyl adjacent to an activating group) is 1. The van der Waals surface area contributed by atoms with Crippen molar-refractivity contribution in [3.05, 3.63) is 23.3 Å². The lowest BCUT2D eigenvalue weighted by Gasteiger charge is -2.35. The first-order chi connectivity index (χ1) is 9.76. The Morgan fingerprint density at radius 2 is 1.86 bits per heavy atom. The molecule has 0 aliphatic heterocycles. The first-order valence-corrected chi connectivity index (χ1v) is 8.72. The van der Waals surface area contributed by atoms with Gasteiger partial charge in [0.05, 0.1) is 17.8 Å². The minimum absolute atomic E-state index is 0.169. The highest BCUT2D eigenvalue weighted by atomic mass is 32.2. The van der Waals surface area contributed by atoms with Crippen molar-refractivity contribution in [1.29, 1.82) is 0 Å². The average Bonchev–Trinajstić information content (AvgIpc) is 2.43. The zero-order valence-corrected chi connectivity index (χ0v) is 13.7. The number of benzene rings is 1. The van der Waals surface area contributed by atoms with Crippen molar-refractivity contribution in [3.63, 3.8) is 0 Å². The number of sulfonamides is 1. The first kappa shape index (κ1) is 16.3. The van der Waals surface area contributed by atoms with E-state index in [0.29, 0.717) is 18.4 Å². The largest absolute Gasteiger partial charge is 0.398 e.